The molecule has 0 fully saturated rings. The molecule has 0 unspecified atom stereocenters. The Morgan fingerprint density at radius 1 is 1.00 bits per heavy atom. The first-order valence-electron chi connectivity index (χ1n) is 8.79. The number of hydrogen-bond donors (Lipinski definition) is 1. The van der Waals surface area contributed by atoms with Crippen LogP contribution >= 0.6 is 0 Å². The summed E-state index contributed by atoms with van der Waals surface area (Å²) in [5.74, 6) is -0.00656. The van der Waals surface area contributed by atoms with Gasteiger partial charge in [-0.05, 0) is 61.7 Å². The molecule has 2 rings (SSSR count). The highest BCUT2D eigenvalue weighted by atomic mass is 16.5. The van der Waals surface area contributed by atoms with Gasteiger partial charge in [0.1, 0.15) is 0 Å². The molecule has 0 aliphatic rings. The summed E-state index contributed by atoms with van der Waals surface area (Å²) in [6.45, 7) is 6.14. The summed E-state index contributed by atoms with van der Waals surface area (Å²) in [7, 11) is 1.50. The Morgan fingerprint density at radius 3 is 2.44 bits per heavy atom. The Morgan fingerprint density at radius 2 is 1.78 bits per heavy atom. The van der Waals surface area contributed by atoms with Gasteiger partial charge in [-0.25, -0.2) is 4.79 Å². The first kappa shape index (κ1) is 20.3. The molecule has 144 valence electrons. The number of esters is 1. The second kappa shape index (κ2) is 9.62. The van der Waals surface area contributed by atoms with E-state index in [9.17, 15) is 9.59 Å². The fourth-order valence-electron chi connectivity index (χ4n) is 2.36. The van der Waals surface area contributed by atoms with Gasteiger partial charge in [0.2, 0.25) is 0 Å². The molecule has 0 aliphatic heterocycles. The van der Waals surface area contributed by atoms with Crippen LogP contribution in [0.2, 0.25) is 0 Å². The normalized spacial score (nSPS) is 10.2. The van der Waals surface area contributed by atoms with Crippen molar-refractivity contribution < 1.29 is 23.8 Å². The lowest BCUT2D eigenvalue weighted by Gasteiger charge is -2.12. The smallest absolute Gasteiger partial charge is 0.338 e. The van der Waals surface area contributed by atoms with Crippen LogP contribution < -0.4 is 14.8 Å². The number of benzene rings is 2. The Labute approximate surface area is 159 Å². The van der Waals surface area contributed by atoms with Gasteiger partial charge in [0.15, 0.2) is 18.1 Å². The topological polar surface area (TPSA) is 73.9 Å². The minimum atomic E-state index is -0.606. The summed E-state index contributed by atoms with van der Waals surface area (Å²) in [6.07, 6.45) is 0.864. The van der Waals surface area contributed by atoms with E-state index in [1.165, 1.54) is 13.2 Å². The highest BCUT2D eigenvalue weighted by Gasteiger charge is 2.14. The quantitative estimate of drug-likeness (QED) is 0.713. The highest BCUT2D eigenvalue weighted by molar-refractivity contribution is 5.95. The molecule has 0 aromatic heterocycles. The number of amides is 1. The molecule has 0 spiro atoms. The van der Waals surface area contributed by atoms with Gasteiger partial charge in [-0.3, -0.25) is 4.79 Å². The molecule has 0 saturated carbocycles. The molecule has 27 heavy (non-hydrogen) atoms. The fourth-order valence-corrected chi connectivity index (χ4v) is 2.36. The van der Waals surface area contributed by atoms with E-state index < -0.39 is 11.9 Å². The molecule has 6 nitrogen and oxygen atoms in total. The number of anilines is 1. The number of methoxy groups -OCH3 is 1. The predicted molar refractivity (Wildman–Crippen MR) is 104 cm³/mol. The Kier molecular flexibility index (Phi) is 7.23. The Hall–Kier alpha value is -3.02. The molecule has 0 bridgehead atoms. The lowest BCUT2D eigenvalue weighted by molar-refractivity contribution is -0.119. The summed E-state index contributed by atoms with van der Waals surface area (Å²) in [4.78, 5) is 24.2. The van der Waals surface area contributed by atoms with Crippen molar-refractivity contribution in [2.75, 3.05) is 25.6 Å². The van der Waals surface area contributed by atoms with Crippen molar-refractivity contribution >= 4 is 17.6 Å². The lowest BCUT2D eigenvalue weighted by atomic mass is 10.1. The van der Waals surface area contributed by atoms with Crippen molar-refractivity contribution in [1.82, 2.24) is 0 Å². The van der Waals surface area contributed by atoms with Crippen molar-refractivity contribution in [1.29, 1.82) is 0 Å². The molecule has 0 aliphatic carbocycles. The maximum atomic E-state index is 12.2. The number of rotatable bonds is 8. The molecular formula is C21H25NO5. The standard InChI is InChI=1S/C21H25NO5/c1-5-10-26-18-9-7-16(12-19(18)25-4)21(24)27-13-20(23)22-17-8-6-14(2)15(3)11-17/h6-9,11-12H,5,10,13H2,1-4H3,(H,22,23). The third-order valence-corrected chi connectivity index (χ3v) is 3.99. The van der Waals surface area contributed by atoms with Gasteiger partial charge in [0.25, 0.3) is 5.91 Å². The molecule has 0 atom stereocenters. The van der Waals surface area contributed by atoms with Gasteiger partial charge in [0.05, 0.1) is 19.3 Å². The van der Waals surface area contributed by atoms with E-state index in [2.05, 4.69) is 5.32 Å². The van der Waals surface area contributed by atoms with E-state index in [0.29, 0.717) is 23.8 Å². The lowest BCUT2D eigenvalue weighted by Crippen LogP contribution is -2.21. The zero-order valence-electron chi connectivity index (χ0n) is 16.1. The monoisotopic (exact) mass is 371 g/mol. The largest absolute Gasteiger partial charge is 0.493 e. The van der Waals surface area contributed by atoms with E-state index in [0.717, 1.165) is 17.5 Å². The van der Waals surface area contributed by atoms with Crippen molar-refractivity contribution in [3.8, 4) is 11.5 Å². The average Bonchev–Trinajstić information content (AvgIpc) is 2.67. The van der Waals surface area contributed by atoms with Gasteiger partial charge in [-0.2, -0.15) is 0 Å². The van der Waals surface area contributed by atoms with Crippen molar-refractivity contribution in [2.24, 2.45) is 0 Å². The summed E-state index contributed by atoms with van der Waals surface area (Å²) in [5.41, 5.74) is 3.16. The number of ether oxygens (including phenoxy) is 3. The van der Waals surface area contributed by atoms with Crippen LogP contribution in [0.4, 0.5) is 5.69 Å². The Balaban J connectivity index is 1.94. The molecule has 6 heteroatoms. The molecule has 1 amide bonds. The van der Waals surface area contributed by atoms with E-state index in [-0.39, 0.29) is 12.2 Å². The summed E-state index contributed by atoms with van der Waals surface area (Å²) < 4.78 is 15.9. The van der Waals surface area contributed by atoms with Crippen molar-refractivity contribution in [2.45, 2.75) is 27.2 Å². The number of carbonyl (C=O) groups excluding carboxylic acids is 2. The predicted octanol–water partition coefficient (Wildman–Crippen LogP) is 3.90. The summed E-state index contributed by atoms with van der Waals surface area (Å²) in [5, 5.41) is 2.71. The van der Waals surface area contributed by atoms with Gasteiger partial charge < -0.3 is 19.5 Å². The molecular weight excluding hydrogens is 346 g/mol. The van der Waals surface area contributed by atoms with Crippen LogP contribution in [0.5, 0.6) is 11.5 Å². The summed E-state index contributed by atoms with van der Waals surface area (Å²) in [6, 6.07) is 10.4. The van der Waals surface area contributed by atoms with Gasteiger partial charge in [0, 0.05) is 5.69 Å². The van der Waals surface area contributed by atoms with Crippen LogP contribution in [0.15, 0.2) is 36.4 Å². The zero-order valence-corrected chi connectivity index (χ0v) is 16.1. The number of aryl methyl sites for hydroxylation is 2. The molecule has 2 aromatic rings. The minimum Gasteiger partial charge on any atom is -0.493 e. The van der Waals surface area contributed by atoms with Crippen LogP contribution in [0, 0.1) is 13.8 Å². The maximum Gasteiger partial charge on any atom is 0.338 e. The molecule has 0 heterocycles. The fraction of sp³-hybridized carbons (Fsp3) is 0.333. The van der Waals surface area contributed by atoms with Crippen molar-refractivity contribution in [3.63, 3.8) is 0 Å². The van der Waals surface area contributed by atoms with Gasteiger partial charge >= 0.3 is 5.97 Å². The molecule has 1 N–H and O–H groups in total. The second-order valence-corrected chi connectivity index (χ2v) is 6.14. The first-order valence-corrected chi connectivity index (χ1v) is 8.79. The number of hydrogen-bond acceptors (Lipinski definition) is 5. The van der Waals surface area contributed by atoms with E-state index in [4.69, 9.17) is 14.2 Å². The van der Waals surface area contributed by atoms with E-state index >= 15 is 0 Å². The van der Waals surface area contributed by atoms with Crippen LogP contribution in [0.25, 0.3) is 0 Å². The number of carbonyl (C=O) groups is 2. The van der Waals surface area contributed by atoms with Gasteiger partial charge in [-0.1, -0.05) is 13.0 Å². The van der Waals surface area contributed by atoms with Crippen LogP contribution in [-0.4, -0.2) is 32.2 Å². The first-order chi connectivity index (χ1) is 12.9. The van der Waals surface area contributed by atoms with Crippen LogP contribution in [-0.2, 0) is 9.53 Å². The minimum absolute atomic E-state index is 0.287. The maximum absolute atomic E-state index is 12.2. The third kappa shape index (κ3) is 5.74. The van der Waals surface area contributed by atoms with E-state index in [1.807, 2.05) is 39.0 Å². The molecule has 2 aromatic carbocycles. The van der Waals surface area contributed by atoms with E-state index in [1.54, 1.807) is 12.1 Å². The van der Waals surface area contributed by atoms with Crippen molar-refractivity contribution in [3.05, 3.63) is 53.1 Å². The zero-order chi connectivity index (χ0) is 19.8. The highest BCUT2D eigenvalue weighted by Crippen LogP contribution is 2.28. The molecule has 0 radical (unpaired) electrons. The summed E-state index contributed by atoms with van der Waals surface area (Å²) >= 11 is 0. The van der Waals surface area contributed by atoms with Gasteiger partial charge in [-0.15, -0.1) is 0 Å². The second-order valence-electron chi connectivity index (χ2n) is 6.14. The third-order valence-electron chi connectivity index (χ3n) is 3.99. The SMILES string of the molecule is CCCOc1ccc(C(=O)OCC(=O)Nc2ccc(C)c(C)c2)cc1OC. The average molecular weight is 371 g/mol. The number of nitrogens with one attached hydrogen (secondary N) is 1. The molecule has 0 saturated heterocycles. The van der Waals surface area contributed by atoms with Crippen LogP contribution in [0.3, 0.4) is 0 Å². The van der Waals surface area contributed by atoms with Crippen LogP contribution in [0.1, 0.15) is 34.8 Å². The Bertz CT molecular complexity index is 816.